The average molecular weight is 279 g/mol. The lowest BCUT2D eigenvalue weighted by atomic mass is 10.1. The van der Waals surface area contributed by atoms with Gasteiger partial charge >= 0.3 is 5.69 Å². The molecule has 1 heterocycles. The van der Waals surface area contributed by atoms with E-state index in [1.165, 1.54) is 16.3 Å². The van der Waals surface area contributed by atoms with Gasteiger partial charge in [-0.15, -0.1) is 5.10 Å². The number of benzene rings is 1. The first kappa shape index (κ1) is 13.7. The summed E-state index contributed by atoms with van der Waals surface area (Å²) in [6, 6.07) is 6.09. The first-order valence-corrected chi connectivity index (χ1v) is 7.01. The van der Waals surface area contributed by atoms with E-state index in [9.17, 15) is 4.79 Å². The van der Waals surface area contributed by atoms with Crippen LogP contribution in [0.15, 0.2) is 28.2 Å². The molecule has 5 nitrogen and oxygen atoms in total. The van der Waals surface area contributed by atoms with Gasteiger partial charge in [0.15, 0.2) is 5.16 Å². The minimum absolute atomic E-state index is 0.196. The van der Waals surface area contributed by atoms with Crippen LogP contribution in [-0.2, 0) is 7.05 Å². The zero-order valence-corrected chi connectivity index (χ0v) is 12.1. The number of ether oxygens (including phenoxy) is 1. The maximum absolute atomic E-state index is 11.2. The molecule has 1 N–H and O–H groups in total. The lowest BCUT2D eigenvalue weighted by Gasteiger charge is -2.11. The van der Waals surface area contributed by atoms with Gasteiger partial charge in [-0.2, -0.15) is 0 Å². The minimum atomic E-state index is -0.196. The summed E-state index contributed by atoms with van der Waals surface area (Å²) in [6.07, 6.45) is 0. The third-order valence-electron chi connectivity index (χ3n) is 2.81. The number of nitrogens with one attached hydrogen (secondary N) is 1. The number of para-hydroxylation sites is 1. The monoisotopic (exact) mass is 279 g/mol. The fourth-order valence-corrected chi connectivity index (χ4v) is 2.50. The van der Waals surface area contributed by atoms with Gasteiger partial charge in [-0.05, 0) is 25.0 Å². The van der Waals surface area contributed by atoms with Gasteiger partial charge in [-0.1, -0.05) is 30.0 Å². The van der Waals surface area contributed by atoms with E-state index in [1.54, 1.807) is 7.05 Å². The number of hydrogen-bond acceptors (Lipinski definition) is 4. The number of rotatable bonds is 5. The van der Waals surface area contributed by atoms with Crippen LogP contribution in [0.1, 0.15) is 11.1 Å². The normalized spacial score (nSPS) is 10.7. The Kier molecular flexibility index (Phi) is 4.31. The van der Waals surface area contributed by atoms with Crippen molar-refractivity contribution < 1.29 is 4.74 Å². The van der Waals surface area contributed by atoms with E-state index in [2.05, 4.69) is 10.2 Å². The van der Waals surface area contributed by atoms with Crippen LogP contribution in [0.2, 0.25) is 0 Å². The molecule has 6 heteroatoms. The van der Waals surface area contributed by atoms with Crippen molar-refractivity contribution in [3.05, 3.63) is 39.8 Å². The van der Waals surface area contributed by atoms with E-state index in [4.69, 9.17) is 4.74 Å². The lowest BCUT2D eigenvalue weighted by Crippen LogP contribution is -2.13. The summed E-state index contributed by atoms with van der Waals surface area (Å²) in [5, 5.41) is 7.01. The molecule has 1 aromatic heterocycles. The molecule has 0 fully saturated rings. The Labute approximate surface area is 116 Å². The van der Waals surface area contributed by atoms with Crippen molar-refractivity contribution in [3.63, 3.8) is 0 Å². The van der Waals surface area contributed by atoms with E-state index in [1.807, 2.05) is 32.0 Å². The Morgan fingerprint density at radius 1 is 1.37 bits per heavy atom. The Morgan fingerprint density at radius 2 is 2.05 bits per heavy atom. The number of hydrogen-bond donors (Lipinski definition) is 1. The van der Waals surface area contributed by atoms with Crippen molar-refractivity contribution in [3.8, 4) is 5.75 Å². The highest BCUT2D eigenvalue weighted by Gasteiger charge is 2.06. The van der Waals surface area contributed by atoms with Crippen molar-refractivity contribution in [1.82, 2.24) is 14.8 Å². The van der Waals surface area contributed by atoms with Crippen molar-refractivity contribution in [2.45, 2.75) is 19.0 Å². The van der Waals surface area contributed by atoms with E-state index in [0.717, 1.165) is 22.6 Å². The summed E-state index contributed by atoms with van der Waals surface area (Å²) >= 11 is 1.49. The molecule has 0 aliphatic heterocycles. The molecule has 0 aliphatic rings. The summed E-state index contributed by atoms with van der Waals surface area (Å²) in [4.78, 5) is 11.2. The molecular weight excluding hydrogens is 262 g/mol. The summed E-state index contributed by atoms with van der Waals surface area (Å²) < 4.78 is 7.28. The van der Waals surface area contributed by atoms with Crippen LogP contribution in [0.3, 0.4) is 0 Å². The molecule has 0 spiro atoms. The highest BCUT2D eigenvalue weighted by Crippen LogP contribution is 2.22. The van der Waals surface area contributed by atoms with Crippen LogP contribution in [0.4, 0.5) is 0 Å². The SMILES string of the molecule is Cc1cccc(C)c1OCCSc1n[nH]c(=O)n1C. The van der Waals surface area contributed by atoms with Crippen molar-refractivity contribution in [2.24, 2.45) is 7.05 Å². The zero-order chi connectivity index (χ0) is 13.8. The lowest BCUT2D eigenvalue weighted by molar-refractivity contribution is 0.339. The van der Waals surface area contributed by atoms with Crippen LogP contribution < -0.4 is 10.4 Å². The second-order valence-electron chi connectivity index (χ2n) is 4.29. The third-order valence-corrected chi connectivity index (χ3v) is 3.80. The summed E-state index contributed by atoms with van der Waals surface area (Å²) in [5.41, 5.74) is 2.08. The van der Waals surface area contributed by atoms with Crippen LogP contribution in [0.5, 0.6) is 5.75 Å². The molecule has 19 heavy (non-hydrogen) atoms. The molecular formula is C13H17N3O2S. The molecule has 0 saturated carbocycles. The second kappa shape index (κ2) is 5.97. The fourth-order valence-electron chi connectivity index (χ4n) is 1.77. The van der Waals surface area contributed by atoms with E-state index >= 15 is 0 Å². The Hall–Kier alpha value is -1.69. The minimum Gasteiger partial charge on any atom is -0.492 e. The van der Waals surface area contributed by atoms with Gasteiger partial charge in [0.2, 0.25) is 0 Å². The molecule has 0 radical (unpaired) electrons. The predicted molar refractivity (Wildman–Crippen MR) is 76.0 cm³/mol. The quantitative estimate of drug-likeness (QED) is 0.671. The smallest absolute Gasteiger partial charge is 0.343 e. The van der Waals surface area contributed by atoms with E-state index in [0.29, 0.717) is 11.8 Å². The molecule has 0 amide bonds. The number of nitrogens with zero attached hydrogens (tertiary/aromatic N) is 2. The van der Waals surface area contributed by atoms with E-state index in [-0.39, 0.29) is 5.69 Å². The van der Waals surface area contributed by atoms with Crippen LogP contribution in [0.25, 0.3) is 0 Å². The van der Waals surface area contributed by atoms with Crippen LogP contribution in [-0.4, -0.2) is 27.1 Å². The van der Waals surface area contributed by atoms with E-state index < -0.39 is 0 Å². The van der Waals surface area contributed by atoms with Gasteiger partial charge in [0.25, 0.3) is 0 Å². The van der Waals surface area contributed by atoms with Gasteiger partial charge in [-0.25, -0.2) is 9.89 Å². The number of aromatic amines is 1. The fraction of sp³-hybridized carbons (Fsp3) is 0.385. The predicted octanol–water partition coefficient (Wildman–Crippen LogP) is 1.90. The Balaban J connectivity index is 1.88. The molecule has 2 rings (SSSR count). The maximum atomic E-state index is 11.2. The first-order chi connectivity index (χ1) is 9.09. The highest BCUT2D eigenvalue weighted by molar-refractivity contribution is 7.99. The molecule has 102 valence electrons. The second-order valence-corrected chi connectivity index (χ2v) is 5.35. The van der Waals surface area contributed by atoms with Crippen LogP contribution >= 0.6 is 11.8 Å². The Morgan fingerprint density at radius 3 is 2.63 bits per heavy atom. The average Bonchev–Trinajstić information content (AvgIpc) is 2.69. The number of H-pyrrole nitrogens is 1. The number of thioether (sulfide) groups is 1. The van der Waals surface area contributed by atoms with Gasteiger partial charge in [0, 0.05) is 12.8 Å². The third kappa shape index (κ3) is 3.20. The standard InChI is InChI=1S/C13H17N3O2S/c1-9-5-4-6-10(2)11(9)18-7-8-19-13-15-14-12(17)16(13)3/h4-6H,7-8H2,1-3H3,(H,14,17). The highest BCUT2D eigenvalue weighted by atomic mass is 32.2. The molecule has 1 aromatic carbocycles. The van der Waals surface area contributed by atoms with Crippen molar-refractivity contribution in [2.75, 3.05) is 12.4 Å². The summed E-state index contributed by atoms with van der Waals surface area (Å²) in [7, 11) is 1.69. The molecule has 0 aliphatic carbocycles. The molecule has 0 unspecified atom stereocenters. The van der Waals surface area contributed by atoms with Gasteiger partial charge < -0.3 is 4.74 Å². The topological polar surface area (TPSA) is 59.9 Å². The molecule has 0 atom stereocenters. The largest absolute Gasteiger partial charge is 0.492 e. The van der Waals surface area contributed by atoms with Crippen molar-refractivity contribution in [1.29, 1.82) is 0 Å². The van der Waals surface area contributed by atoms with Gasteiger partial charge in [0.05, 0.1) is 6.61 Å². The maximum Gasteiger partial charge on any atom is 0.343 e. The number of aromatic nitrogens is 3. The molecule has 0 saturated heterocycles. The molecule has 2 aromatic rings. The number of aryl methyl sites for hydroxylation is 2. The van der Waals surface area contributed by atoms with Gasteiger partial charge in [-0.3, -0.25) is 4.57 Å². The Bertz CT molecular complexity index is 598. The molecule has 0 bridgehead atoms. The zero-order valence-electron chi connectivity index (χ0n) is 11.3. The van der Waals surface area contributed by atoms with Crippen LogP contribution in [0, 0.1) is 13.8 Å². The van der Waals surface area contributed by atoms with Gasteiger partial charge in [0.1, 0.15) is 5.75 Å². The summed E-state index contributed by atoms with van der Waals surface area (Å²) in [6.45, 7) is 4.65. The first-order valence-electron chi connectivity index (χ1n) is 6.03. The summed E-state index contributed by atoms with van der Waals surface area (Å²) in [5.74, 6) is 1.69. The van der Waals surface area contributed by atoms with Crippen molar-refractivity contribution >= 4 is 11.8 Å².